The number of anilines is 1. The molecule has 0 bridgehead atoms. The highest BCUT2D eigenvalue weighted by molar-refractivity contribution is 7.80. The van der Waals surface area contributed by atoms with Gasteiger partial charge in [-0.2, -0.15) is 0 Å². The maximum Gasteiger partial charge on any atom is 0.226 e. The molecule has 1 aromatic rings. The number of hydrogen-bond acceptors (Lipinski definition) is 4. The van der Waals surface area contributed by atoms with E-state index < -0.39 is 10.8 Å². The minimum absolute atomic E-state index is 0.0695. The van der Waals surface area contributed by atoms with Crippen molar-refractivity contribution in [2.75, 3.05) is 18.4 Å². The fraction of sp³-hybridized carbons (Fsp3) is 0.650. The molecule has 4 fully saturated rings. The Morgan fingerprint density at radius 2 is 1.57 bits per heavy atom. The van der Waals surface area contributed by atoms with Crippen molar-refractivity contribution in [2.45, 2.75) is 99.8 Å². The highest BCUT2D eigenvalue weighted by atomic mass is 32.1. The Kier molecular flexibility index (Phi) is 8.26. The number of fused-ring (bicyclic) bond motifs is 7. The molecule has 0 aromatic heterocycles. The number of nitrogens with one attached hydrogen (secondary N) is 3. The first-order chi connectivity index (χ1) is 21.9. The SMILES string of the molecule is C=C1C[C@]2(C)[C@H]3C(=O)C=C4[C@@H]5C[C@@](C)(C(=O)NCCNC(=S)Nc6ccccc6)CC[C@]5(C)CC[C@@]4(C)[C@]3(C)CC[C@H]2C(C)(C)C1=O. The summed E-state index contributed by atoms with van der Waals surface area (Å²) in [5.41, 5.74) is 1.27. The molecule has 4 saturated carbocycles. The molecule has 5 aliphatic rings. The number of Topliss-reactive ketones (excluding diaryl/α,β-unsaturated/α-hetero) is 1. The zero-order valence-corrected chi connectivity index (χ0v) is 30.4. The van der Waals surface area contributed by atoms with E-state index in [1.54, 1.807) is 0 Å². The standard InChI is InChI=1S/C40H55N3O3S/c1-25-23-38(6)30(35(2,3)32(25)45)14-15-40(8)31(38)29(44)22-27-28-24-37(5,17-16-36(28,4)18-19-39(27,40)7)33(46)41-20-21-42-34(47)43-26-12-10-9-11-13-26/h9-13,22,28,30-31H,1,14-21,23-24H2,2-8H3,(H,41,46)(H2,42,43,47)/t28-,30-,31+,36+,37-,38-,39+,40+/m0/s1. The Balaban J connectivity index is 1.21. The monoisotopic (exact) mass is 657 g/mol. The molecule has 0 saturated heterocycles. The lowest BCUT2D eigenvalue weighted by atomic mass is 9.33. The van der Waals surface area contributed by atoms with Crippen LogP contribution in [0.25, 0.3) is 0 Å². The summed E-state index contributed by atoms with van der Waals surface area (Å²) in [6, 6.07) is 9.79. The van der Waals surface area contributed by atoms with Crippen molar-refractivity contribution in [1.29, 1.82) is 0 Å². The number of allylic oxidation sites excluding steroid dienone is 3. The van der Waals surface area contributed by atoms with Crippen molar-refractivity contribution in [3.63, 3.8) is 0 Å². The van der Waals surface area contributed by atoms with Crippen molar-refractivity contribution >= 4 is 40.5 Å². The van der Waals surface area contributed by atoms with Crippen LogP contribution in [0.2, 0.25) is 0 Å². The third-order valence-electron chi connectivity index (χ3n) is 14.5. The summed E-state index contributed by atoms with van der Waals surface area (Å²) in [6.45, 7) is 21.0. The molecule has 0 aliphatic heterocycles. The van der Waals surface area contributed by atoms with Crippen LogP contribution in [0.15, 0.2) is 54.1 Å². The molecule has 1 amide bonds. The van der Waals surface area contributed by atoms with Gasteiger partial charge in [-0.3, -0.25) is 14.4 Å². The van der Waals surface area contributed by atoms with Crippen LogP contribution in [0.5, 0.6) is 0 Å². The molecule has 0 unspecified atom stereocenters. The predicted molar refractivity (Wildman–Crippen MR) is 193 cm³/mol. The second-order valence-electron chi connectivity index (χ2n) is 17.6. The number of carbonyl (C=O) groups is 3. The Hall–Kier alpha value is -2.80. The van der Waals surface area contributed by atoms with Gasteiger partial charge in [0.15, 0.2) is 16.7 Å². The maximum atomic E-state index is 14.6. The van der Waals surface area contributed by atoms with E-state index in [-0.39, 0.29) is 56.9 Å². The van der Waals surface area contributed by atoms with E-state index in [2.05, 4.69) is 71.0 Å². The molecule has 7 heteroatoms. The van der Waals surface area contributed by atoms with Crippen LogP contribution in [0, 0.1) is 50.2 Å². The summed E-state index contributed by atoms with van der Waals surface area (Å²) in [4.78, 5) is 41.8. The lowest BCUT2D eigenvalue weighted by Crippen LogP contribution is -2.66. The molecule has 6 nitrogen and oxygen atoms in total. The summed E-state index contributed by atoms with van der Waals surface area (Å²) >= 11 is 5.43. The first kappa shape index (κ1) is 34.1. The first-order valence-corrected chi connectivity index (χ1v) is 18.2. The molecular formula is C40H55N3O3S. The van der Waals surface area contributed by atoms with Gasteiger partial charge in [0, 0.05) is 35.5 Å². The van der Waals surface area contributed by atoms with Crippen LogP contribution in [0.1, 0.15) is 99.8 Å². The molecule has 6 rings (SSSR count). The number of benzene rings is 1. The fourth-order valence-electron chi connectivity index (χ4n) is 11.6. The van der Waals surface area contributed by atoms with Crippen molar-refractivity contribution < 1.29 is 14.4 Å². The van der Waals surface area contributed by atoms with Gasteiger partial charge in [-0.15, -0.1) is 0 Å². The Labute approximate surface area is 287 Å². The lowest BCUT2D eigenvalue weighted by Gasteiger charge is -2.70. The summed E-state index contributed by atoms with van der Waals surface area (Å²) in [6.07, 6.45) is 9.27. The average molecular weight is 658 g/mol. The van der Waals surface area contributed by atoms with Crippen LogP contribution < -0.4 is 16.0 Å². The zero-order valence-electron chi connectivity index (χ0n) is 29.6. The van der Waals surface area contributed by atoms with Gasteiger partial charge in [-0.05, 0) is 121 Å². The minimum atomic E-state index is -0.515. The van der Waals surface area contributed by atoms with Gasteiger partial charge in [0.1, 0.15) is 0 Å². The number of thiocarbonyl (C=S) groups is 1. The highest BCUT2D eigenvalue weighted by Gasteiger charge is 2.70. The van der Waals surface area contributed by atoms with Crippen molar-refractivity contribution in [3.8, 4) is 0 Å². The summed E-state index contributed by atoms with van der Waals surface area (Å²) in [5.74, 6) is 0.675. The smallest absolute Gasteiger partial charge is 0.226 e. The average Bonchev–Trinajstić information content (AvgIpc) is 3.00. The maximum absolute atomic E-state index is 14.6. The molecule has 0 radical (unpaired) electrons. The van der Waals surface area contributed by atoms with E-state index in [4.69, 9.17) is 12.2 Å². The largest absolute Gasteiger partial charge is 0.361 e. The molecule has 8 atom stereocenters. The van der Waals surface area contributed by atoms with Crippen molar-refractivity contribution in [2.24, 2.45) is 50.2 Å². The van der Waals surface area contributed by atoms with Crippen molar-refractivity contribution in [3.05, 3.63) is 54.1 Å². The quantitative estimate of drug-likeness (QED) is 0.170. The molecule has 5 aliphatic carbocycles. The molecule has 1 aromatic carbocycles. The van der Waals surface area contributed by atoms with Gasteiger partial charge in [0.2, 0.25) is 5.91 Å². The first-order valence-electron chi connectivity index (χ1n) is 17.8. The lowest BCUT2D eigenvalue weighted by molar-refractivity contribution is -0.182. The van der Waals surface area contributed by atoms with E-state index in [0.717, 1.165) is 50.6 Å². The number of ketones is 2. The van der Waals surface area contributed by atoms with Crippen LogP contribution in [0.3, 0.4) is 0 Å². The van der Waals surface area contributed by atoms with Crippen LogP contribution >= 0.6 is 12.2 Å². The molecule has 3 N–H and O–H groups in total. The van der Waals surface area contributed by atoms with E-state index in [1.165, 1.54) is 5.57 Å². The number of rotatable bonds is 5. The van der Waals surface area contributed by atoms with Gasteiger partial charge in [0.05, 0.1) is 0 Å². The Bertz CT molecular complexity index is 1550. The van der Waals surface area contributed by atoms with E-state index in [1.807, 2.05) is 36.4 Å². The summed E-state index contributed by atoms with van der Waals surface area (Å²) in [7, 11) is 0. The molecule has 0 spiro atoms. The van der Waals surface area contributed by atoms with Crippen LogP contribution in [0.4, 0.5) is 5.69 Å². The molecule has 47 heavy (non-hydrogen) atoms. The van der Waals surface area contributed by atoms with Gasteiger partial charge in [-0.25, -0.2) is 0 Å². The number of carbonyl (C=O) groups excluding carboxylic acids is 3. The Morgan fingerprint density at radius 1 is 0.915 bits per heavy atom. The van der Waals surface area contributed by atoms with Gasteiger partial charge in [0.25, 0.3) is 0 Å². The molecule has 254 valence electrons. The Morgan fingerprint density at radius 3 is 2.28 bits per heavy atom. The van der Waals surface area contributed by atoms with Gasteiger partial charge >= 0.3 is 0 Å². The zero-order chi connectivity index (χ0) is 34.2. The normalized spacial score (nSPS) is 40.5. The topological polar surface area (TPSA) is 87.3 Å². The number of hydrogen-bond donors (Lipinski definition) is 3. The van der Waals surface area contributed by atoms with Gasteiger partial charge < -0.3 is 16.0 Å². The second-order valence-corrected chi connectivity index (χ2v) is 18.0. The molecule has 0 heterocycles. The second kappa shape index (κ2) is 11.4. The summed E-state index contributed by atoms with van der Waals surface area (Å²) in [5, 5.41) is 10.1. The van der Waals surface area contributed by atoms with Gasteiger partial charge in [-0.1, -0.05) is 78.8 Å². The van der Waals surface area contributed by atoms with Crippen molar-refractivity contribution in [1.82, 2.24) is 10.6 Å². The van der Waals surface area contributed by atoms with E-state index >= 15 is 0 Å². The number of amides is 1. The fourth-order valence-corrected chi connectivity index (χ4v) is 11.8. The third-order valence-corrected chi connectivity index (χ3v) is 14.7. The van der Waals surface area contributed by atoms with E-state index in [0.29, 0.717) is 30.2 Å². The van der Waals surface area contributed by atoms with Crippen LogP contribution in [-0.4, -0.2) is 35.7 Å². The molecular weight excluding hydrogens is 603 g/mol. The predicted octanol–water partition coefficient (Wildman–Crippen LogP) is 7.81. The highest BCUT2D eigenvalue weighted by Crippen LogP contribution is 2.75. The van der Waals surface area contributed by atoms with Crippen LogP contribution in [-0.2, 0) is 14.4 Å². The minimum Gasteiger partial charge on any atom is -0.361 e. The third kappa shape index (κ3) is 5.16. The number of para-hydroxylation sites is 1. The van der Waals surface area contributed by atoms with E-state index in [9.17, 15) is 14.4 Å². The summed E-state index contributed by atoms with van der Waals surface area (Å²) < 4.78 is 0.